The van der Waals surface area contributed by atoms with Crippen LogP contribution in [0.5, 0.6) is 0 Å². The van der Waals surface area contributed by atoms with Crippen molar-refractivity contribution in [1.82, 2.24) is 35.5 Å². The summed E-state index contributed by atoms with van der Waals surface area (Å²) < 4.78 is 0. The molecule has 2 aliphatic rings. The maximum atomic E-state index is 4.81. The first-order chi connectivity index (χ1) is 11.7. The highest BCUT2D eigenvalue weighted by Gasteiger charge is 2.27. The van der Waals surface area contributed by atoms with Crippen LogP contribution in [0.15, 0.2) is 0 Å². The van der Waals surface area contributed by atoms with Gasteiger partial charge in [-0.25, -0.2) is 9.97 Å². The maximum Gasteiger partial charge on any atom is 0.177 e. The van der Waals surface area contributed by atoms with E-state index in [2.05, 4.69) is 37.5 Å². The lowest BCUT2D eigenvalue weighted by molar-refractivity contribution is 0.352. The number of aryl methyl sites for hydroxylation is 1. The molecule has 0 saturated carbocycles. The average Bonchev–Trinajstić information content (AvgIpc) is 3.06. The third-order valence-corrected chi connectivity index (χ3v) is 5.18. The number of nitrogens with zero attached hydrogens (tertiary/aromatic N) is 7. The fraction of sp³-hybridized carbons (Fsp3) is 0.688. The molecule has 0 radical (unpaired) electrons. The van der Waals surface area contributed by atoms with Gasteiger partial charge in [-0.15, -0.1) is 10.2 Å². The van der Waals surface area contributed by atoms with Crippen LogP contribution in [0.4, 0.5) is 5.82 Å². The second-order valence-corrected chi connectivity index (χ2v) is 6.85. The molecule has 8 heteroatoms. The van der Waals surface area contributed by atoms with Gasteiger partial charge in [-0.2, -0.15) is 5.21 Å². The minimum absolute atomic E-state index is 0.396. The van der Waals surface area contributed by atoms with Crippen molar-refractivity contribution < 1.29 is 0 Å². The highest BCUT2D eigenvalue weighted by molar-refractivity contribution is 5.50. The van der Waals surface area contributed by atoms with E-state index < -0.39 is 0 Å². The molecule has 0 bridgehead atoms. The lowest BCUT2D eigenvalue weighted by Crippen LogP contribution is -2.35. The van der Waals surface area contributed by atoms with Crippen LogP contribution in [0.25, 0.3) is 0 Å². The molecule has 1 saturated heterocycles. The number of hydrogen-bond acceptors (Lipinski definition) is 7. The highest BCUT2D eigenvalue weighted by Crippen LogP contribution is 2.31. The number of piperidine rings is 1. The standard InChI is InChI=1S/C16H24N8/c1-11-17-14-6-8-23(2)7-5-13(14)16(18-11)24-9-3-12(4-10-24)15-19-21-22-20-15/h12H,3-10H2,1-2H3,(H,19,20,21,22). The molecule has 1 fully saturated rings. The summed E-state index contributed by atoms with van der Waals surface area (Å²) in [7, 11) is 2.18. The zero-order chi connectivity index (χ0) is 16.5. The van der Waals surface area contributed by atoms with Gasteiger partial charge in [0.2, 0.25) is 0 Å². The molecule has 24 heavy (non-hydrogen) atoms. The van der Waals surface area contributed by atoms with Crippen molar-refractivity contribution in [2.24, 2.45) is 0 Å². The molecule has 0 aliphatic carbocycles. The number of tetrazole rings is 1. The largest absolute Gasteiger partial charge is 0.356 e. The fourth-order valence-corrected chi connectivity index (χ4v) is 3.77. The van der Waals surface area contributed by atoms with E-state index in [1.54, 1.807) is 0 Å². The van der Waals surface area contributed by atoms with Gasteiger partial charge in [0.1, 0.15) is 11.6 Å². The Bertz CT molecular complexity index is 690. The fourth-order valence-electron chi connectivity index (χ4n) is 3.77. The molecule has 4 heterocycles. The summed E-state index contributed by atoms with van der Waals surface area (Å²) in [6, 6.07) is 0. The molecule has 0 aromatic carbocycles. The Labute approximate surface area is 141 Å². The minimum Gasteiger partial charge on any atom is -0.356 e. The smallest absolute Gasteiger partial charge is 0.177 e. The van der Waals surface area contributed by atoms with Crippen LogP contribution in [-0.2, 0) is 12.8 Å². The first kappa shape index (κ1) is 15.4. The molecule has 0 amide bonds. The summed E-state index contributed by atoms with van der Waals surface area (Å²) in [6.07, 6.45) is 4.13. The van der Waals surface area contributed by atoms with Gasteiger partial charge in [0.05, 0.1) is 5.69 Å². The number of H-pyrrole nitrogens is 1. The molecule has 2 aromatic rings. The van der Waals surface area contributed by atoms with Crippen molar-refractivity contribution >= 4 is 5.82 Å². The summed E-state index contributed by atoms with van der Waals surface area (Å²) >= 11 is 0. The molecule has 2 aliphatic heterocycles. The number of rotatable bonds is 2. The summed E-state index contributed by atoms with van der Waals surface area (Å²) in [5.74, 6) is 3.27. The number of nitrogens with one attached hydrogen (secondary N) is 1. The molecule has 1 N–H and O–H groups in total. The van der Waals surface area contributed by atoms with Gasteiger partial charge < -0.3 is 9.80 Å². The second kappa shape index (κ2) is 6.43. The van der Waals surface area contributed by atoms with Crippen molar-refractivity contribution in [2.45, 2.75) is 38.5 Å². The van der Waals surface area contributed by atoms with Crippen LogP contribution in [0, 0.1) is 6.92 Å². The first-order valence-electron chi connectivity index (χ1n) is 8.74. The van der Waals surface area contributed by atoms with Crippen molar-refractivity contribution in [2.75, 3.05) is 38.1 Å². The minimum atomic E-state index is 0.396. The quantitative estimate of drug-likeness (QED) is 0.869. The van der Waals surface area contributed by atoms with E-state index in [-0.39, 0.29) is 0 Å². The topological polar surface area (TPSA) is 86.7 Å². The highest BCUT2D eigenvalue weighted by atomic mass is 15.5. The van der Waals surface area contributed by atoms with Crippen LogP contribution in [0.1, 0.15) is 41.7 Å². The van der Waals surface area contributed by atoms with E-state index in [1.165, 1.54) is 11.3 Å². The molecule has 0 atom stereocenters. The van der Waals surface area contributed by atoms with E-state index in [9.17, 15) is 0 Å². The lowest BCUT2D eigenvalue weighted by atomic mass is 9.95. The Hall–Kier alpha value is -2.09. The Morgan fingerprint density at radius 1 is 1.04 bits per heavy atom. The molecule has 2 aromatic heterocycles. The van der Waals surface area contributed by atoms with Gasteiger partial charge >= 0.3 is 0 Å². The van der Waals surface area contributed by atoms with Gasteiger partial charge in [0.25, 0.3) is 0 Å². The van der Waals surface area contributed by atoms with E-state index >= 15 is 0 Å². The maximum absolute atomic E-state index is 4.81. The molecule has 0 spiro atoms. The zero-order valence-corrected chi connectivity index (χ0v) is 14.4. The van der Waals surface area contributed by atoms with E-state index in [0.717, 1.165) is 69.3 Å². The van der Waals surface area contributed by atoms with Gasteiger partial charge in [0, 0.05) is 44.1 Å². The molecule has 128 valence electrons. The number of likely N-dealkylation sites (N-methyl/N-ethyl adjacent to an activating group) is 1. The number of anilines is 1. The van der Waals surface area contributed by atoms with Crippen molar-refractivity contribution in [3.05, 3.63) is 22.9 Å². The van der Waals surface area contributed by atoms with E-state index in [4.69, 9.17) is 9.97 Å². The molecule has 0 unspecified atom stereocenters. The lowest BCUT2D eigenvalue weighted by Gasteiger charge is -2.33. The summed E-state index contributed by atoms with van der Waals surface area (Å²) in [4.78, 5) is 14.3. The van der Waals surface area contributed by atoms with Crippen LogP contribution in [0.3, 0.4) is 0 Å². The zero-order valence-electron chi connectivity index (χ0n) is 14.4. The summed E-state index contributed by atoms with van der Waals surface area (Å²) in [5, 5.41) is 14.5. The molecule has 4 rings (SSSR count). The van der Waals surface area contributed by atoms with Gasteiger partial charge in [-0.1, -0.05) is 5.21 Å². The van der Waals surface area contributed by atoms with Crippen LogP contribution < -0.4 is 4.90 Å². The van der Waals surface area contributed by atoms with Crippen molar-refractivity contribution in [1.29, 1.82) is 0 Å². The van der Waals surface area contributed by atoms with Crippen LogP contribution >= 0.6 is 0 Å². The van der Waals surface area contributed by atoms with Crippen molar-refractivity contribution in [3.63, 3.8) is 0 Å². The Kier molecular flexibility index (Phi) is 4.13. The monoisotopic (exact) mass is 328 g/mol. The van der Waals surface area contributed by atoms with Crippen LogP contribution in [0.2, 0.25) is 0 Å². The summed E-state index contributed by atoms with van der Waals surface area (Å²) in [5.41, 5.74) is 2.59. The van der Waals surface area contributed by atoms with Gasteiger partial charge in [0.15, 0.2) is 5.82 Å². The third-order valence-electron chi connectivity index (χ3n) is 5.18. The van der Waals surface area contributed by atoms with E-state index in [0.29, 0.717) is 5.92 Å². The van der Waals surface area contributed by atoms with E-state index in [1.807, 2.05) is 6.92 Å². The Balaban J connectivity index is 1.56. The van der Waals surface area contributed by atoms with Crippen molar-refractivity contribution in [3.8, 4) is 0 Å². The van der Waals surface area contributed by atoms with Crippen LogP contribution in [-0.4, -0.2) is 68.7 Å². The Morgan fingerprint density at radius 2 is 1.83 bits per heavy atom. The second-order valence-electron chi connectivity index (χ2n) is 6.85. The molecular formula is C16H24N8. The number of fused-ring (bicyclic) bond motifs is 1. The third kappa shape index (κ3) is 2.98. The SMILES string of the molecule is Cc1nc2c(c(N3CCC(c4nn[nH]n4)CC3)n1)CCN(C)CC2. The molecule has 8 nitrogen and oxygen atoms in total. The predicted molar refractivity (Wildman–Crippen MR) is 90.0 cm³/mol. The number of aromatic nitrogens is 6. The number of hydrogen-bond donors (Lipinski definition) is 1. The summed E-state index contributed by atoms with van der Waals surface area (Å²) in [6.45, 7) is 6.12. The average molecular weight is 328 g/mol. The first-order valence-corrected chi connectivity index (χ1v) is 8.74. The van der Waals surface area contributed by atoms with Gasteiger partial charge in [-0.3, -0.25) is 0 Å². The van der Waals surface area contributed by atoms with Gasteiger partial charge in [-0.05, 0) is 33.2 Å². The Morgan fingerprint density at radius 3 is 2.58 bits per heavy atom. The predicted octanol–water partition coefficient (Wildman–Crippen LogP) is 0.713. The molecular weight excluding hydrogens is 304 g/mol. The number of aromatic amines is 1. The normalized spacial score (nSPS) is 20.0.